The van der Waals surface area contributed by atoms with Crippen LogP contribution < -0.4 is 11.3 Å². The van der Waals surface area contributed by atoms with Gasteiger partial charge in [0.1, 0.15) is 0 Å². The monoisotopic (exact) mass is 228 g/mol. The van der Waals surface area contributed by atoms with Gasteiger partial charge < -0.3 is 4.74 Å². The molecule has 1 aliphatic carbocycles. The summed E-state index contributed by atoms with van der Waals surface area (Å²) >= 11 is 0. The van der Waals surface area contributed by atoms with E-state index in [4.69, 9.17) is 10.6 Å². The Bertz CT molecular complexity index is 167. The van der Waals surface area contributed by atoms with Crippen LogP contribution in [0.1, 0.15) is 58.3 Å². The number of nitrogens with one attached hydrogen (secondary N) is 1. The number of hydrazine groups is 1. The molecule has 3 nitrogen and oxygen atoms in total. The molecule has 3 heteroatoms. The molecule has 0 aromatic carbocycles. The first kappa shape index (κ1) is 13.9. The van der Waals surface area contributed by atoms with Crippen LogP contribution in [0.2, 0.25) is 0 Å². The number of nitrogens with two attached hydrogens (primary N) is 1. The third kappa shape index (κ3) is 4.81. The van der Waals surface area contributed by atoms with Gasteiger partial charge in [-0.15, -0.1) is 0 Å². The van der Waals surface area contributed by atoms with Gasteiger partial charge in [0.05, 0.1) is 6.10 Å². The first-order chi connectivity index (χ1) is 7.77. The lowest BCUT2D eigenvalue weighted by Crippen LogP contribution is -2.41. The molecule has 0 radical (unpaired) electrons. The Morgan fingerprint density at radius 1 is 1.19 bits per heavy atom. The summed E-state index contributed by atoms with van der Waals surface area (Å²) in [5.41, 5.74) is 3.02. The third-order valence-corrected chi connectivity index (χ3v) is 3.97. The van der Waals surface area contributed by atoms with Gasteiger partial charge in [0.2, 0.25) is 0 Å². The fraction of sp³-hybridized carbons (Fsp3) is 1.00. The maximum absolute atomic E-state index is 5.69. The molecule has 96 valence electrons. The minimum Gasteiger partial charge on any atom is -0.382 e. The average Bonchev–Trinajstić information content (AvgIpc) is 2.58. The molecule has 1 saturated carbocycles. The highest BCUT2D eigenvalue weighted by Crippen LogP contribution is 2.27. The van der Waals surface area contributed by atoms with Crippen LogP contribution in [0.25, 0.3) is 0 Å². The summed E-state index contributed by atoms with van der Waals surface area (Å²) < 4.78 is 5.29. The molecule has 2 atom stereocenters. The maximum atomic E-state index is 5.69. The summed E-state index contributed by atoms with van der Waals surface area (Å²) in [5, 5.41) is 0. The number of ether oxygens (including phenoxy) is 1. The lowest BCUT2D eigenvalue weighted by Gasteiger charge is -2.26. The summed E-state index contributed by atoms with van der Waals surface area (Å²) in [4.78, 5) is 0. The molecule has 0 amide bonds. The summed E-state index contributed by atoms with van der Waals surface area (Å²) in [5.74, 6) is 6.47. The van der Waals surface area contributed by atoms with Crippen molar-refractivity contribution in [2.75, 3.05) is 7.11 Å². The molecule has 0 saturated heterocycles. The molecule has 0 bridgehead atoms. The highest BCUT2D eigenvalue weighted by molar-refractivity contribution is 4.77. The van der Waals surface area contributed by atoms with Crippen LogP contribution in [0, 0.1) is 5.92 Å². The molecule has 3 N–H and O–H groups in total. The van der Waals surface area contributed by atoms with E-state index >= 15 is 0 Å². The normalized spacial score (nSPS) is 22.7. The van der Waals surface area contributed by atoms with Crippen molar-refractivity contribution >= 4 is 0 Å². The van der Waals surface area contributed by atoms with Crippen molar-refractivity contribution < 1.29 is 4.74 Å². The second kappa shape index (κ2) is 8.04. The number of rotatable bonds is 6. The highest BCUT2D eigenvalue weighted by atomic mass is 16.5. The van der Waals surface area contributed by atoms with Gasteiger partial charge in [-0.05, 0) is 38.5 Å². The van der Waals surface area contributed by atoms with Crippen LogP contribution in [0.15, 0.2) is 0 Å². The zero-order valence-electron chi connectivity index (χ0n) is 10.9. The molecule has 2 unspecified atom stereocenters. The van der Waals surface area contributed by atoms with Gasteiger partial charge in [-0.3, -0.25) is 11.3 Å². The van der Waals surface area contributed by atoms with Crippen LogP contribution in [-0.4, -0.2) is 19.3 Å². The molecule has 1 rings (SSSR count). The van der Waals surface area contributed by atoms with Crippen molar-refractivity contribution in [3.63, 3.8) is 0 Å². The van der Waals surface area contributed by atoms with E-state index in [-0.39, 0.29) is 0 Å². The molecule has 0 aliphatic heterocycles. The van der Waals surface area contributed by atoms with Crippen LogP contribution in [0.4, 0.5) is 0 Å². The fourth-order valence-corrected chi connectivity index (χ4v) is 2.70. The summed E-state index contributed by atoms with van der Waals surface area (Å²) in [6, 6.07) is 0.482. The number of hydrogen-bond acceptors (Lipinski definition) is 3. The quantitative estimate of drug-likeness (QED) is 0.417. The van der Waals surface area contributed by atoms with E-state index in [9.17, 15) is 0 Å². The largest absolute Gasteiger partial charge is 0.382 e. The van der Waals surface area contributed by atoms with E-state index in [0.29, 0.717) is 12.1 Å². The van der Waals surface area contributed by atoms with Crippen LogP contribution in [0.3, 0.4) is 0 Å². The summed E-state index contributed by atoms with van der Waals surface area (Å²) in [6.45, 7) is 2.13. The molecule has 1 fully saturated rings. The van der Waals surface area contributed by atoms with Crippen LogP contribution >= 0.6 is 0 Å². The van der Waals surface area contributed by atoms with Gasteiger partial charge in [-0.2, -0.15) is 0 Å². The van der Waals surface area contributed by atoms with E-state index in [1.165, 1.54) is 38.5 Å². The van der Waals surface area contributed by atoms with E-state index in [0.717, 1.165) is 18.8 Å². The Morgan fingerprint density at radius 2 is 1.81 bits per heavy atom. The van der Waals surface area contributed by atoms with E-state index in [1.807, 2.05) is 0 Å². The Hall–Kier alpha value is -0.120. The Labute approximate surface area is 100 Å². The van der Waals surface area contributed by atoms with E-state index < -0.39 is 0 Å². The molecule has 0 aromatic heterocycles. The predicted molar refractivity (Wildman–Crippen MR) is 68.0 cm³/mol. The molecule has 1 aliphatic rings. The van der Waals surface area contributed by atoms with Crippen molar-refractivity contribution in [3.8, 4) is 0 Å². The first-order valence-electron chi connectivity index (χ1n) is 6.76. The third-order valence-electron chi connectivity index (χ3n) is 3.97. The van der Waals surface area contributed by atoms with Gasteiger partial charge in [-0.1, -0.05) is 25.7 Å². The minimum atomic E-state index is 0.349. The van der Waals surface area contributed by atoms with E-state index in [2.05, 4.69) is 12.3 Å². The van der Waals surface area contributed by atoms with Gasteiger partial charge in [-0.25, -0.2) is 0 Å². The minimum absolute atomic E-state index is 0.349. The smallest absolute Gasteiger partial charge is 0.0543 e. The van der Waals surface area contributed by atoms with Gasteiger partial charge in [0, 0.05) is 13.2 Å². The zero-order valence-corrected chi connectivity index (χ0v) is 10.9. The first-order valence-corrected chi connectivity index (χ1v) is 6.76. The maximum Gasteiger partial charge on any atom is 0.0543 e. The summed E-state index contributed by atoms with van der Waals surface area (Å²) in [7, 11) is 1.78. The van der Waals surface area contributed by atoms with Crippen molar-refractivity contribution in [3.05, 3.63) is 0 Å². The molecule has 0 spiro atoms. The average molecular weight is 228 g/mol. The lowest BCUT2D eigenvalue weighted by molar-refractivity contribution is 0.102. The molecule has 16 heavy (non-hydrogen) atoms. The second-order valence-electron chi connectivity index (χ2n) is 5.15. The molecule has 0 aromatic rings. The van der Waals surface area contributed by atoms with Crippen molar-refractivity contribution in [2.45, 2.75) is 70.4 Å². The van der Waals surface area contributed by atoms with Crippen LogP contribution in [0.5, 0.6) is 0 Å². The topological polar surface area (TPSA) is 47.3 Å². The Balaban J connectivity index is 2.33. The zero-order chi connectivity index (χ0) is 11.8. The number of hydrogen-bond donors (Lipinski definition) is 2. The molecular weight excluding hydrogens is 200 g/mol. The second-order valence-corrected chi connectivity index (χ2v) is 5.15. The lowest BCUT2D eigenvalue weighted by atomic mass is 9.89. The Kier molecular flexibility index (Phi) is 7.01. The van der Waals surface area contributed by atoms with Gasteiger partial charge in [0.15, 0.2) is 0 Å². The fourth-order valence-electron chi connectivity index (χ4n) is 2.70. The summed E-state index contributed by atoms with van der Waals surface area (Å²) in [6.07, 6.45) is 10.8. The molecule has 0 heterocycles. The van der Waals surface area contributed by atoms with Crippen molar-refractivity contribution in [1.29, 1.82) is 0 Å². The Morgan fingerprint density at radius 3 is 2.31 bits per heavy atom. The SMILES string of the molecule is COC(C)CCC(NN)C1CCCCCC1. The van der Waals surface area contributed by atoms with Crippen LogP contribution in [-0.2, 0) is 4.74 Å². The predicted octanol–water partition coefficient (Wildman–Crippen LogP) is 2.60. The van der Waals surface area contributed by atoms with E-state index in [1.54, 1.807) is 7.11 Å². The number of methoxy groups -OCH3 is 1. The standard InChI is InChI=1S/C13H28N2O/c1-11(16-2)9-10-13(15-14)12-7-5-3-4-6-8-12/h11-13,15H,3-10,14H2,1-2H3. The highest BCUT2D eigenvalue weighted by Gasteiger charge is 2.21. The van der Waals surface area contributed by atoms with Gasteiger partial charge >= 0.3 is 0 Å². The van der Waals surface area contributed by atoms with Crippen molar-refractivity contribution in [2.24, 2.45) is 11.8 Å². The van der Waals surface area contributed by atoms with Crippen molar-refractivity contribution in [1.82, 2.24) is 5.43 Å². The van der Waals surface area contributed by atoms with Gasteiger partial charge in [0.25, 0.3) is 0 Å². The molecular formula is C13H28N2O.